The number of hydrogen-bond donors (Lipinski definition) is 3. The Kier molecular flexibility index (Phi) is 5.51. The van der Waals surface area contributed by atoms with Crippen molar-refractivity contribution in [2.45, 2.75) is 134 Å². The summed E-state index contributed by atoms with van der Waals surface area (Å²) in [5.74, 6) is 0.192. The third kappa shape index (κ3) is 3.27. The van der Waals surface area contributed by atoms with Crippen molar-refractivity contribution in [3.8, 4) is 0 Å². The lowest BCUT2D eigenvalue weighted by Gasteiger charge is -2.64. The number of carbonyl (C=O) groups is 2. The van der Waals surface area contributed by atoms with Gasteiger partial charge in [-0.05, 0) is 121 Å². The first kappa shape index (κ1) is 29.1. The quantitative estimate of drug-likeness (QED) is 0.398. The molecule has 0 amide bonds. The lowest BCUT2D eigenvalue weighted by atomic mass is 9.42. The number of aliphatic hydroxyl groups is 2. The van der Waals surface area contributed by atoms with Crippen LogP contribution in [0, 0.1) is 23.2 Å². The topological polar surface area (TPSA) is 109 Å². The average Bonchev–Trinajstić information content (AvgIpc) is 3.49. The number of H-pyrrole nitrogens is 1. The third-order valence-electron chi connectivity index (χ3n) is 13.6. The molecule has 3 N–H and O–H groups in total. The van der Waals surface area contributed by atoms with Gasteiger partial charge in [0, 0.05) is 38.9 Å². The SMILES string of the molecule is CC(C)(O)[C@H]1OC2CC[C@@]3(C)[C@@](O)(CC[C@H]4Cc5c([nH]c6ccc7c(c56)C[C@@H]5[C@@H](C7=O)C(C)(C)OC5(C)C)[C@@]43C)C2=CC1=O. The summed E-state index contributed by atoms with van der Waals surface area (Å²) in [6, 6.07) is 4.10. The fraction of sp³-hybridized carbons (Fsp3) is 0.676. The first-order chi connectivity index (χ1) is 20.3. The first-order valence-electron chi connectivity index (χ1n) is 16.6. The Morgan fingerprint density at radius 3 is 2.39 bits per heavy atom. The molecule has 44 heavy (non-hydrogen) atoms. The number of carbonyl (C=O) groups excluding carboxylic acids is 2. The lowest BCUT2D eigenvalue weighted by Crippen LogP contribution is -2.68. The summed E-state index contributed by atoms with van der Waals surface area (Å²) in [7, 11) is 0. The van der Waals surface area contributed by atoms with Crippen molar-refractivity contribution in [2.75, 3.05) is 0 Å². The van der Waals surface area contributed by atoms with Crippen LogP contribution in [0.2, 0.25) is 0 Å². The van der Waals surface area contributed by atoms with Gasteiger partial charge in [-0.3, -0.25) is 9.59 Å². The number of fused-ring (bicyclic) bond motifs is 12. The molecule has 7 heteroatoms. The summed E-state index contributed by atoms with van der Waals surface area (Å²) in [4.78, 5) is 31.2. The fourth-order valence-corrected chi connectivity index (χ4v) is 11.4. The molecule has 0 spiro atoms. The third-order valence-corrected chi connectivity index (χ3v) is 13.6. The van der Waals surface area contributed by atoms with Crippen LogP contribution in [0.4, 0.5) is 0 Å². The highest BCUT2D eigenvalue weighted by Gasteiger charge is 2.70. The van der Waals surface area contributed by atoms with Gasteiger partial charge < -0.3 is 24.7 Å². The molecule has 1 aromatic carbocycles. The van der Waals surface area contributed by atoms with Crippen molar-refractivity contribution < 1.29 is 29.3 Å². The van der Waals surface area contributed by atoms with Crippen LogP contribution >= 0.6 is 0 Å². The van der Waals surface area contributed by atoms with Crippen LogP contribution in [0.3, 0.4) is 0 Å². The van der Waals surface area contributed by atoms with Crippen molar-refractivity contribution in [3.63, 3.8) is 0 Å². The second kappa shape index (κ2) is 8.33. The van der Waals surface area contributed by atoms with E-state index in [9.17, 15) is 19.8 Å². The first-order valence-corrected chi connectivity index (χ1v) is 16.6. The van der Waals surface area contributed by atoms with Crippen molar-refractivity contribution in [3.05, 3.63) is 46.2 Å². The van der Waals surface area contributed by atoms with Gasteiger partial charge in [0.2, 0.25) is 0 Å². The molecule has 7 nitrogen and oxygen atoms in total. The molecule has 1 unspecified atom stereocenters. The van der Waals surface area contributed by atoms with Crippen molar-refractivity contribution in [2.24, 2.45) is 23.2 Å². The van der Waals surface area contributed by atoms with Crippen LogP contribution in [0.1, 0.15) is 108 Å². The Labute approximate surface area is 259 Å². The van der Waals surface area contributed by atoms with Crippen molar-refractivity contribution >= 4 is 22.5 Å². The van der Waals surface area contributed by atoms with Gasteiger partial charge in [0.1, 0.15) is 6.10 Å². The lowest BCUT2D eigenvalue weighted by molar-refractivity contribution is -0.195. The number of Topliss-reactive ketones (excluding diaryl/α,β-unsaturated/α-hetero) is 1. The predicted molar refractivity (Wildman–Crippen MR) is 167 cm³/mol. The standard InChI is InChI=1S/C37H47NO6/c1-32(2,41)31-25(39)17-22-26(43-31)12-13-35(7)36(8)18(11-14-37(22,35)42)15-21-27-20-16-23-28(34(5,6)44-33(23,3)4)29(40)19(20)9-10-24(27)38-30(21)36/h9-10,17-18,23,26,28,31,38,41-42H,11-16H2,1-8H3/t18-,23+,26?,28-,31-,35+,36+,37+/m0/s1. The smallest absolute Gasteiger partial charge is 0.187 e. The molecule has 2 saturated carbocycles. The minimum atomic E-state index is -1.30. The molecule has 2 aliphatic heterocycles. The number of ether oxygens (including phenoxy) is 2. The van der Waals surface area contributed by atoms with E-state index in [1.807, 2.05) is 6.07 Å². The van der Waals surface area contributed by atoms with Crippen molar-refractivity contribution in [1.29, 1.82) is 0 Å². The Hall–Kier alpha value is -2.32. The zero-order chi connectivity index (χ0) is 31.6. The zero-order valence-corrected chi connectivity index (χ0v) is 27.4. The largest absolute Gasteiger partial charge is 0.387 e. The summed E-state index contributed by atoms with van der Waals surface area (Å²) >= 11 is 0. The van der Waals surface area contributed by atoms with Crippen molar-refractivity contribution in [1.82, 2.24) is 4.98 Å². The van der Waals surface area contributed by atoms with E-state index in [4.69, 9.17) is 9.47 Å². The number of benzene rings is 1. The number of rotatable bonds is 1. The number of aromatic amines is 1. The summed E-state index contributed by atoms with van der Waals surface area (Å²) in [6.07, 6.45) is 4.80. The predicted octanol–water partition coefficient (Wildman–Crippen LogP) is 5.52. The maximum atomic E-state index is 14.1. The van der Waals surface area contributed by atoms with E-state index in [0.29, 0.717) is 24.3 Å². The van der Waals surface area contributed by atoms with Crippen LogP contribution in [0.15, 0.2) is 23.8 Å². The second-order valence-corrected chi connectivity index (χ2v) is 17.0. The van der Waals surface area contributed by atoms with Gasteiger partial charge in [0.05, 0.1) is 34.4 Å². The second-order valence-electron chi connectivity index (χ2n) is 17.0. The number of nitrogens with one attached hydrogen (secondary N) is 1. The van der Waals surface area contributed by atoms with Gasteiger partial charge in [-0.25, -0.2) is 0 Å². The van der Waals surface area contributed by atoms with Crippen LogP contribution in [-0.2, 0) is 32.5 Å². The van der Waals surface area contributed by atoms with E-state index in [1.54, 1.807) is 19.9 Å². The maximum Gasteiger partial charge on any atom is 0.187 e. The monoisotopic (exact) mass is 601 g/mol. The van der Waals surface area contributed by atoms with E-state index < -0.39 is 40.0 Å². The van der Waals surface area contributed by atoms with Gasteiger partial charge in [0.25, 0.3) is 0 Å². The van der Waals surface area contributed by atoms with E-state index in [1.165, 1.54) is 16.6 Å². The number of hydrogen-bond acceptors (Lipinski definition) is 6. The van der Waals surface area contributed by atoms with Crippen LogP contribution in [0.5, 0.6) is 0 Å². The molecule has 8 rings (SSSR count). The molecule has 1 aromatic heterocycles. The normalized spacial score (nSPS) is 41.8. The Balaban J connectivity index is 1.26. The molecular formula is C37H47NO6. The molecule has 4 aliphatic carbocycles. The number of aromatic nitrogens is 1. The molecule has 236 valence electrons. The minimum Gasteiger partial charge on any atom is -0.387 e. The summed E-state index contributed by atoms with van der Waals surface area (Å²) in [5.41, 5.74) is 1.87. The van der Waals surface area contributed by atoms with Gasteiger partial charge in [0.15, 0.2) is 11.6 Å². The van der Waals surface area contributed by atoms with Crippen LogP contribution in [0.25, 0.3) is 10.9 Å². The molecule has 1 saturated heterocycles. The molecule has 6 aliphatic rings. The molecular weight excluding hydrogens is 554 g/mol. The van der Waals surface area contributed by atoms with Crippen LogP contribution < -0.4 is 0 Å². The Morgan fingerprint density at radius 1 is 0.955 bits per heavy atom. The van der Waals surface area contributed by atoms with Gasteiger partial charge in [-0.1, -0.05) is 13.8 Å². The fourth-order valence-electron chi connectivity index (χ4n) is 11.4. The molecule has 3 fully saturated rings. The van der Waals surface area contributed by atoms with E-state index in [-0.39, 0.29) is 28.8 Å². The summed E-state index contributed by atoms with van der Waals surface area (Å²) in [6.45, 7) is 16.1. The molecule has 3 heterocycles. The highest BCUT2D eigenvalue weighted by molar-refractivity contribution is 6.06. The maximum absolute atomic E-state index is 14.1. The van der Waals surface area contributed by atoms with E-state index >= 15 is 0 Å². The van der Waals surface area contributed by atoms with Gasteiger partial charge in [-0.2, -0.15) is 0 Å². The van der Waals surface area contributed by atoms with Gasteiger partial charge in [-0.15, -0.1) is 0 Å². The minimum absolute atomic E-state index is 0.106. The Bertz CT molecular complexity index is 1690. The highest BCUT2D eigenvalue weighted by Crippen LogP contribution is 2.69. The molecule has 0 radical (unpaired) electrons. The molecule has 2 aromatic rings. The summed E-state index contributed by atoms with van der Waals surface area (Å²) in [5, 5.41) is 24.6. The van der Waals surface area contributed by atoms with Gasteiger partial charge >= 0.3 is 0 Å². The zero-order valence-electron chi connectivity index (χ0n) is 27.4. The number of ketones is 2. The Morgan fingerprint density at radius 2 is 1.68 bits per heavy atom. The average molecular weight is 602 g/mol. The van der Waals surface area contributed by atoms with Crippen LogP contribution in [-0.4, -0.2) is 61.4 Å². The molecule has 8 atom stereocenters. The van der Waals surface area contributed by atoms with E-state index in [0.717, 1.165) is 42.3 Å². The van der Waals surface area contributed by atoms with E-state index in [2.05, 4.69) is 52.6 Å². The molecule has 0 bridgehead atoms. The summed E-state index contributed by atoms with van der Waals surface area (Å²) < 4.78 is 12.8. The highest BCUT2D eigenvalue weighted by atomic mass is 16.5.